The highest BCUT2D eigenvalue weighted by molar-refractivity contribution is 5.36. The summed E-state index contributed by atoms with van der Waals surface area (Å²) in [6, 6.07) is 8.50. The lowest BCUT2D eigenvalue weighted by Gasteiger charge is -2.42. The van der Waals surface area contributed by atoms with Gasteiger partial charge in [-0.15, -0.1) is 0 Å². The Morgan fingerprint density at radius 3 is 2.24 bits per heavy atom. The van der Waals surface area contributed by atoms with Crippen LogP contribution in [0.4, 0.5) is 0 Å². The number of rotatable bonds is 2. The maximum atomic E-state index is 11.2. The average molecular weight is 288 g/mol. The molecular formula is C18H24O3. The topological polar surface area (TPSA) is 38.7 Å². The number of hydrogen-bond donors (Lipinski definition) is 1. The van der Waals surface area contributed by atoms with Crippen LogP contribution in [-0.2, 0) is 15.1 Å². The summed E-state index contributed by atoms with van der Waals surface area (Å²) in [5.41, 5.74) is 1.82. The van der Waals surface area contributed by atoms with Crippen LogP contribution in [0.25, 0.3) is 0 Å². The summed E-state index contributed by atoms with van der Waals surface area (Å²) < 4.78 is 11.6. The molecule has 1 heterocycles. The third-order valence-corrected chi connectivity index (χ3v) is 5.66. The first-order valence-electron chi connectivity index (χ1n) is 8.31. The molecule has 114 valence electrons. The van der Waals surface area contributed by atoms with Gasteiger partial charge in [-0.1, -0.05) is 30.7 Å². The molecule has 3 nitrogen and oxygen atoms in total. The van der Waals surface area contributed by atoms with Gasteiger partial charge in [0.2, 0.25) is 0 Å². The fourth-order valence-electron chi connectivity index (χ4n) is 4.10. The van der Waals surface area contributed by atoms with Gasteiger partial charge < -0.3 is 14.6 Å². The summed E-state index contributed by atoms with van der Waals surface area (Å²) in [4.78, 5) is 0. The van der Waals surface area contributed by atoms with Crippen LogP contribution in [0, 0.1) is 0 Å². The molecular weight excluding hydrogens is 264 g/mol. The molecule has 0 aromatic heterocycles. The van der Waals surface area contributed by atoms with Crippen molar-refractivity contribution in [2.75, 3.05) is 13.2 Å². The summed E-state index contributed by atoms with van der Waals surface area (Å²) in [5, 5.41) is 11.2. The summed E-state index contributed by atoms with van der Waals surface area (Å²) in [7, 11) is 0. The summed E-state index contributed by atoms with van der Waals surface area (Å²) >= 11 is 0. The van der Waals surface area contributed by atoms with Gasteiger partial charge in [0.1, 0.15) is 0 Å². The van der Waals surface area contributed by atoms with Crippen LogP contribution in [0.15, 0.2) is 24.3 Å². The van der Waals surface area contributed by atoms with Crippen LogP contribution in [0.5, 0.6) is 0 Å². The summed E-state index contributed by atoms with van der Waals surface area (Å²) in [6.07, 6.45) is 6.91. The van der Waals surface area contributed by atoms with Gasteiger partial charge in [0.15, 0.2) is 5.79 Å². The summed E-state index contributed by atoms with van der Waals surface area (Å²) in [5.74, 6) is 0.248. The third-order valence-electron chi connectivity index (χ3n) is 5.66. The molecule has 1 spiro atoms. The predicted molar refractivity (Wildman–Crippen MR) is 80.0 cm³/mol. The molecule has 3 aliphatic rings. The van der Waals surface area contributed by atoms with E-state index < -0.39 is 11.4 Å². The van der Waals surface area contributed by atoms with E-state index in [2.05, 4.69) is 24.3 Å². The van der Waals surface area contributed by atoms with Gasteiger partial charge in [-0.3, -0.25) is 0 Å². The van der Waals surface area contributed by atoms with Crippen LogP contribution < -0.4 is 0 Å². The number of ether oxygens (including phenoxy) is 2. The van der Waals surface area contributed by atoms with E-state index in [0.29, 0.717) is 19.1 Å². The Bertz CT molecular complexity index is 505. The first kappa shape index (κ1) is 13.7. The van der Waals surface area contributed by atoms with E-state index in [4.69, 9.17) is 9.47 Å². The van der Waals surface area contributed by atoms with Crippen molar-refractivity contribution in [3.8, 4) is 0 Å². The molecule has 1 aliphatic heterocycles. The van der Waals surface area contributed by atoms with Crippen molar-refractivity contribution in [2.24, 2.45) is 0 Å². The van der Waals surface area contributed by atoms with E-state index in [-0.39, 0.29) is 0 Å². The second-order valence-electron chi connectivity index (χ2n) is 6.85. The molecule has 0 unspecified atom stereocenters. The Kier molecular flexibility index (Phi) is 3.32. The Morgan fingerprint density at radius 1 is 0.952 bits per heavy atom. The summed E-state index contributed by atoms with van der Waals surface area (Å²) in [6.45, 7) is 1.38. The highest BCUT2D eigenvalue weighted by Gasteiger charge is 2.47. The molecule has 1 saturated heterocycles. The van der Waals surface area contributed by atoms with Crippen molar-refractivity contribution in [3.05, 3.63) is 35.4 Å². The molecule has 0 amide bonds. The lowest BCUT2D eigenvalue weighted by molar-refractivity contribution is -0.204. The highest BCUT2D eigenvalue weighted by Crippen LogP contribution is 2.48. The van der Waals surface area contributed by atoms with E-state index in [9.17, 15) is 5.11 Å². The van der Waals surface area contributed by atoms with Gasteiger partial charge in [0, 0.05) is 12.8 Å². The molecule has 2 saturated carbocycles. The first-order valence-corrected chi connectivity index (χ1v) is 8.31. The smallest absolute Gasteiger partial charge is 0.168 e. The van der Waals surface area contributed by atoms with Gasteiger partial charge in [-0.2, -0.15) is 0 Å². The van der Waals surface area contributed by atoms with Crippen LogP contribution >= 0.6 is 0 Å². The fourth-order valence-corrected chi connectivity index (χ4v) is 4.10. The number of aliphatic hydroxyl groups is 1. The minimum atomic E-state index is -0.702. The lowest BCUT2D eigenvalue weighted by Crippen LogP contribution is -2.42. The molecule has 0 radical (unpaired) electrons. The lowest BCUT2D eigenvalue weighted by atomic mass is 9.70. The van der Waals surface area contributed by atoms with E-state index in [1.807, 2.05) is 0 Å². The normalized spacial score (nSPS) is 27.7. The second-order valence-corrected chi connectivity index (χ2v) is 6.85. The third kappa shape index (κ3) is 2.32. The maximum absolute atomic E-state index is 11.2. The average Bonchev–Trinajstić information content (AvgIpc) is 2.90. The Hall–Kier alpha value is -0.900. The van der Waals surface area contributed by atoms with Crippen molar-refractivity contribution in [1.82, 2.24) is 0 Å². The monoisotopic (exact) mass is 288 g/mol. The van der Waals surface area contributed by atoms with E-state index >= 15 is 0 Å². The second kappa shape index (κ2) is 5.08. The van der Waals surface area contributed by atoms with Crippen LogP contribution in [0.1, 0.15) is 62.0 Å². The Balaban J connectivity index is 1.58. The van der Waals surface area contributed by atoms with Crippen molar-refractivity contribution >= 4 is 0 Å². The van der Waals surface area contributed by atoms with Crippen LogP contribution in [0.2, 0.25) is 0 Å². The fraction of sp³-hybridized carbons (Fsp3) is 0.667. The van der Waals surface area contributed by atoms with Gasteiger partial charge >= 0.3 is 0 Å². The van der Waals surface area contributed by atoms with Gasteiger partial charge in [0.05, 0.1) is 18.8 Å². The molecule has 4 rings (SSSR count). The maximum Gasteiger partial charge on any atom is 0.168 e. The minimum absolute atomic E-state index is 0.405. The van der Waals surface area contributed by atoms with Crippen LogP contribution in [0.3, 0.4) is 0 Å². The van der Waals surface area contributed by atoms with Crippen molar-refractivity contribution < 1.29 is 14.6 Å². The molecule has 0 bridgehead atoms. The molecule has 3 heteroatoms. The SMILES string of the molecule is OC1(c2ccccc2C2CCC2)CCC2(CC1)OCCO2. The molecule has 1 N–H and O–H groups in total. The molecule has 2 aliphatic carbocycles. The van der Waals surface area contributed by atoms with Crippen molar-refractivity contribution in [3.63, 3.8) is 0 Å². The van der Waals surface area contributed by atoms with E-state index in [0.717, 1.165) is 31.2 Å². The largest absolute Gasteiger partial charge is 0.385 e. The zero-order valence-corrected chi connectivity index (χ0v) is 12.5. The highest BCUT2D eigenvalue weighted by atomic mass is 16.7. The quantitative estimate of drug-likeness (QED) is 0.905. The van der Waals surface area contributed by atoms with E-state index in [1.54, 1.807) is 0 Å². The predicted octanol–water partition coefficient (Wildman–Crippen LogP) is 3.46. The minimum Gasteiger partial charge on any atom is -0.385 e. The Morgan fingerprint density at radius 2 is 1.62 bits per heavy atom. The van der Waals surface area contributed by atoms with Gasteiger partial charge in [-0.25, -0.2) is 0 Å². The Labute approximate surface area is 126 Å². The molecule has 1 aromatic carbocycles. The van der Waals surface area contributed by atoms with Gasteiger partial charge in [-0.05, 0) is 42.7 Å². The standard InChI is InChI=1S/C18H24O3/c19-17(8-10-18(11-9-17)20-12-13-21-18)16-7-2-1-6-15(16)14-4-3-5-14/h1-2,6-7,14,19H,3-5,8-13H2. The molecule has 1 aromatic rings. The zero-order chi connectivity index (χ0) is 14.3. The molecule has 3 fully saturated rings. The molecule has 21 heavy (non-hydrogen) atoms. The van der Waals surface area contributed by atoms with E-state index in [1.165, 1.54) is 24.8 Å². The molecule has 0 atom stereocenters. The first-order chi connectivity index (χ1) is 10.2. The van der Waals surface area contributed by atoms with Crippen molar-refractivity contribution in [1.29, 1.82) is 0 Å². The number of hydrogen-bond acceptors (Lipinski definition) is 3. The van der Waals surface area contributed by atoms with Crippen LogP contribution in [-0.4, -0.2) is 24.1 Å². The van der Waals surface area contributed by atoms with Gasteiger partial charge in [0.25, 0.3) is 0 Å². The van der Waals surface area contributed by atoms with Crippen molar-refractivity contribution in [2.45, 2.75) is 62.3 Å². The number of benzene rings is 1. The zero-order valence-electron chi connectivity index (χ0n) is 12.5.